The lowest BCUT2D eigenvalue weighted by Crippen LogP contribution is -2.34. The quantitative estimate of drug-likeness (QED) is 0.704. The van der Waals surface area contributed by atoms with Crippen LogP contribution in [0.2, 0.25) is 0 Å². The first-order chi connectivity index (χ1) is 6.77. The van der Waals surface area contributed by atoms with Crippen molar-refractivity contribution in [3.63, 3.8) is 0 Å². The maximum Gasteiger partial charge on any atom is 0.308 e. The summed E-state index contributed by atoms with van der Waals surface area (Å²) in [5.41, 5.74) is 0. The summed E-state index contributed by atoms with van der Waals surface area (Å²) in [5, 5.41) is 12.5. The van der Waals surface area contributed by atoms with Crippen LogP contribution in [0.4, 0.5) is 0 Å². The van der Waals surface area contributed by atoms with E-state index in [1.807, 2.05) is 0 Å². The van der Waals surface area contributed by atoms with Crippen molar-refractivity contribution in [1.29, 1.82) is 0 Å². The molecule has 2 rings (SSSR count). The van der Waals surface area contributed by atoms with Gasteiger partial charge in [0.1, 0.15) is 0 Å². The summed E-state index contributed by atoms with van der Waals surface area (Å²) in [5.74, 6) is -0.318. The third-order valence-electron chi connectivity index (χ3n) is 3.49. The second-order valence-electron chi connectivity index (χ2n) is 4.67. The molecule has 0 bridgehead atoms. The average molecular weight is 197 g/mol. The molecule has 0 amide bonds. The van der Waals surface area contributed by atoms with Gasteiger partial charge >= 0.3 is 5.97 Å². The Morgan fingerprint density at radius 1 is 1.29 bits per heavy atom. The Hall–Kier alpha value is -0.570. The number of carbonyl (C=O) groups is 1. The Balaban J connectivity index is 1.81. The zero-order valence-corrected chi connectivity index (χ0v) is 8.54. The summed E-state index contributed by atoms with van der Waals surface area (Å²) < 4.78 is 0. The molecule has 2 aliphatic carbocycles. The van der Waals surface area contributed by atoms with Crippen LogP contribution in [-0.2, 0) is 4.79 Å². The Kier molecular flexibility index (Phi) is 3.06. The van der Waals surface area contributed by atoms with Gasteiger partial charge in [-0.2, -0.15) is 0 Å². The van der Waals surface area contributed by atoms with Gasteiger partial charge in [-0.1, -0.05) is 12.8 Å². The third-order valence-corrected chi connectivity index (χ3v) is 3.49. The topological polar surface area (TPSA) is 49.3 Å². The van der Waals surface area contributed by atoms with Crippen LogP contribution in [0.25, 0.3) is 0 Å². The van der Waals surface area contributed by atoms with E-state index in [-0.39, 0.29) is 5.92 Å². The highest BCUT2D eigenvalue weighted by Gasteiger charge is 2.32. The Bertz CT molecular complexity index is 207. The number of carboxylic acid groups (broad SMARTS) is 1. The maximum atomic E-state index is 11.1. The normalized spacial score (nSPS) is 25.1. The van der Waals surface area contributed by atoms with E-state index >= 15 is 0 Å². The lowest BCUT2D eigenvalue weighted by atomic mass is 9.91. The van der Waals surface area contributed by atoms with Crippen LogP contribution in [-0.4, -0.2) is 23.7 Å². The van der Waals surface area contributed by atoms with E-state index in [1.54, 1.807) is 0 Å². The molecule has 0 aromatic carbocycles. The van der Waals surface area contributed by atoms with E-state index in [2.05, 4.69) is 5.32 Å². The molecule has 14 heavy (non-hydrogen) atoms. The van der Waals surface area contributed by atoms with Crippen molar-refractivity contribution < 1.29 is 9.90 Å². The first-order valence-electron chi connectivity index (χ1n) is 5.73. The van der Waals surface area contributed by atoms with Crippen molar-refractivity contribution in [2.45, 2.75) is 44.6 Å². The SMILES string of the molecule is O=C(O)C(CNC1CC1)C1CCCC1. The lowest BCUT2D eigenvalue weighted by Gasteiger charge is -2.19. The molecule has 80 valence electrons. The monoisotopic (exact) mass is 197 g/mol. The summed E-state index contributed by atoms with van der Waals surface area (Å²) in [7, 11) is 0. The molecule has 0 aliphatic heterocycles. The Morgan fingerprint density at radius 3 is 2.43 bits per heavy atom. The van der Waals surface area contributed by atoms with Crippen LogP contribution in [0.3, 0.4) is 0 Å². The predicted molar refractivity (Wildman–Crippen MR) is 54.1 cm³/mol. The van der Waals surface area contributed by atoms with E-state index in [0.717, 1.165) is 12.8 Å². The lowest BCUT2D eigenvalue weighted by molar-refractivity contribution is -0.143. The predicted octanol–water partition coefficient (Wildman–Crippen LogP) is 1.63. The molecule has 0 heterocycles. The van der Waals surface area contributed by atoms with Gasteiger partial charge < -0.3 is 10.4 Å². The van der Waals surface area contributed by atoms with E-state index in [9.17, 15) is 4.79 Å². The molecule has 0 saturated heterocycles. The second-order valence-corrected chi connectivity index (χ2v) is 4.67. The minimum Gasteiger partial charge on any atom is -0.481 e. The first-order valence-corrected chi connectivity index (χ1v) is 5.73. The van der Waals surface area contributed by atoms with Crippen molar-refractivity contribution in [3.8, 4) is 0 Å². The first kappa shape index (κ1) is 9.97. The molecule has 0 spiro atoms. The molecule has 0 aromatic heterocycles. The van der Waals surface area contributed by atoms with Gasteiger partial charge in [-0.15, -0.1) is 0 Å². The third kappa shape index (κ3) is 2.47. The van der Waals surface area contributed by atoms with E-state index < -0.39 is 5.97 Å². The standard InChI is InChI=1S/C11H19NO2/c13-11(14)10(7-12-9-5-6-9)8-3-1-2-4-8/h8-10,12H,1-7H2,(H,13,14). The highest BCUT2D eigenvalue weighted by atomic mass is 16.4. The summed E-state index contributed by atoms with van der Waals surface area (Å²) in [6.07, 6.45) is 7.14. The van der Waals surface area contributed by atoms with Crippen LogP contribution in [0.1, 0.15) is 38.5 Å². The molecule has 3 heteroatoms. The fourth-order valence-electron chi connectivity index (χ4n) is 2.40. The van der Waals surface area contributed by atoms with Gasteiger partial charge in [0.2, 0.25) is 0 Å². The number of rotatable bonds is 5. The number of aliphatic carboxylic acids is 1. The largest absolute Gasteiger partial charge is 0.481 e. The number of hydrogen-bond acceptors (Lipinski definition) is 2. The molecule has 2 aliphatic rings. The van der Waals surface area contributed by atoms with E-state index in [4.69, 9.17) is 5.11 Å². The molecule has 1 atom stereocenters. The highest BCUT2D eigenvalue weighted by molar-refractivity contribution is 5.70. The minimum absolute atomic E-state index is 0.141. The number of nitrogens with one attached hydrogen (secondary N) is 1. The summed E-state index contributed by atoms with van der Waals surface area (Å²) in [4.78, 5) is 11.1. The molecule has 0 radical (unpaired) electrons. The fourth-order valence-corrected chi connectivity index (χ4v) is 2.40. The van der Waals surface area contributed by atoms with Crippen LogP contribution in [0.15, 0.2) is 0 Å². The van der Waals surface area contributed by atoms with Gasteiger partial charge in [0, 0.05) is 12.6 Å². The Morgan fingerprint density at radius 2 is 1.93 bits per heavy atom. The average Bonchev–Trinajstić information content (AvgIpc) is 2.80. The van der Waals surface area contributed by atoms with E-state index in [0.29, 0.717) is 18.5 Å². The van der Waals surface area contributed by atoms with Crippen LogP contribution in [0.5, 0.6) is 0 Å². The van der Waals surface area contributed by atoms with Crippen LogP contribution in [0, 0.1) is 11.8 Å². The number of carboxylic acids is 1. The molecule has 2 N–H and O–H groups in total. The zero-order valence-electron chi connectivity index (χ0n) is 8.54. The van der Waals surface area contributed by atoms with Gasteiger partial charge in [-0.3, -0.25) is 4.79 Å². The second kappa shape index (κ2) is 4.30. The Labute approximate surface area is 84.9 Å². The van der Waals surface area contributed by atoms with Crippen molar-refractivity contribution in [2.24, 2.45) is 11.8 Å². The zero-order chi connectivity index (χ0) is 9.97. The highest BCUT2D eigenvalue weighted by Crippen LogP contribution is 2.31. The van der Waals surface area contributed by atoms with E-state index in [1.165, 1.54) is 25.7 Å². The van der Waals surface area contributed by atoms with Crippen LogP contribution < -0.4 is 5.32 Å². The summed E-state index contributed by atoms with van der Waals surface area (Å²) in [6.45, 7) is 0.685. The van der Waals surface area contributed by atoms with Crippen molar-refractivity contribution in [2.75, 3.05) is 6.54 Å². The van der Waals surface area contributed by atoms with Gasteiger partial charge in [-0.05, 0) is 31.6 Å². The van der Waals surface area contributed by atoms with Gasteiger partial charge in [0.25, 0.3) is 0 Å². The molecule has 3 nitrogen and oxygen atoms in total. The molecular weight excluding hydrogens is 178 g/mol. The van der Waals surface area contributed by atoms with Gasteiger partial charge in [-0.25, -0.2) is 0 Å². The summed E-state index contributed by atoms with van der Waals surface area (Å²) >= 11 is 0. The van der Waals surface area contributed by atoms with Crippen LogP contribution >= 0.6 is 0 Å². The van der Waals surface area contributed by atoms with Crippen molar-refractivity contribution >= 4 is 5.97 Å². The molecule has 2 fully saturated rings. The summed E-state index contributed by atoms with van der Waals surface area (Å²) in [6, 6.07) is 0.623. The van der Waals surface area contributed by atoms with Gasteiger partial charge in [0.15, 0.2) is 0 Å². The minimum atomic E-state index is -0.606. The molecule has 0 aromatic rings. The van der Waals surface area contributed by atoms with Crippen molar-refractivity contribution in [1.82, 2.24) is 5.32 Å². The van der Waals surface area contributed by atoms with Gasteiger partial charge in [0.05, 0.1) is 5.92 Å². The smallest absolute Gasteiger partial charge is 0.308 e. The molecule has 1 unspecified atom stereocenters. The fraction of sp³-hybridized carbons (Fsp3) is 0.909. The maximum absolute atomic E-state index is 11.1. The molecule has 2 saturated carbocycles. The van der Waals surface area contributed by atoms with Crippen molar-refractivity contribution in [3.05, 3.63) is 0 Å². The molecular formula is C11H19NO2. The number of hydrogen-bond donors (Lipinski definition) is 2.